The van der Waals surface area contributed by atoms with Crippen molar-refractivity contribution in [1.82, 2.24) is 10.6 Å². The highest BCUT2D eigenvalue weighted by molar-refractivity contribution is 5.62. The van der Waals surface area contributed by atoms with E-state index in [2.05, 4.69) is 123 Å². The maximum Gasteiger partial charge on any atom is 0.0484 e. The number of para-hydroxylation sites is 1. The molecule has 2 N–H and O–H groups in total. The van der Waals surface area contributed by atoms with Crippen LogP contribution in [-0.2, 0) is 0 Å². The van der Waals surface area contributed by atoms with Crippen molar-refractivity contribution in [3.05, 3.63) is 151 Å². The van der Waals surface area contributed by atoms with E-state index in [0.29, 0.717) is 29.1 Å². The fourth-order valence-electron chi connectivity index (χ4n) is 5.70. The van der Waals surface area contributed by atoms with Crippen LogP contribution >= 0.6 is 0 Å². The van der Waals surface area contributed by atoms with Crippen molar-refractivity contribution < 1.29 is 4.11 Å². The average molecular weight is 651 g/mol. The molecule has 1 aromatic carbocycles. The molecule has 2 unspecified atom stereocenters. The Kier molecular flexibility index (Phi) is 13.6. The number of aryl methyl sites for hydroxylation is 1. The fraction of sp³-hybridized carbons (Fsp3) is 0.422. The standard InChI is InChI=1S/C45H65N3/c1-15-17-22-34(5)37(8)42(24-20-21-33(3)4)46-29-28-39(31-36(7)48(30-16-2)43-25-19-18-23-35(43)6)47-38-26-27-40(44(9,10)11)41(32-38)45(12,13)14/h15-16,18-20,23-33,40-41,46-47H,1,5,7,17,21-22H2,2-4,6,8-14H3/b24-20-,29-28+,30-16+,39-31+,42-37-/i6D3. The summed E-state index contributed by atoms with van der Waals surface area (Å²) >= 11 is 0. The van der Waals surface area contributed by atoms with Crippen molar-refractivity contribution in [2.45, 2.75) is 95.4 Å². The first-order valence-electron chi connectivity index (χ1n) is 18.9. The summed E-state index contributed by atoms with van der Waals surface area (Å²) in [5.41, 5.74) is 6.54. The summed E-state index contributed by atoms with van der Waals surface area (Å²) in [5, 5.41) is 7.23. The second kappa shape index (κ2) is 18.5. The van der Waals surface area contributed by atoms with Gasteiger partial charge in [-0.1, -0.05) is 117 Å². The predicted octanol–water partition coefficient (Wildman–Crippen LogP) is 12.6. The highest BCUT2D eigenvalue weighted by Gasteiger charge is 2.37. The van der Waals surface area contributed by atoms with E-state index in [1.165, 1.54) is 0 Å². The van der Waals surface area contributed by atoms with Crippen molar-refractivity contribution in [2.24, 2.45) is 28.6 Å². The minimum atomic E-state index is -2.28. The number of hydrogen-bond donors (Lipinski definition) is 2. The molecule has 2 atom stereocenters. The molecule has 0 bridgehead atoms. The summed E-state index contributed by atoms with van der Waals surface area (Å²) in [6, 6.07) is 7.08. The van der Waals surface area contributed by atoms with Gasteiger partial charge in [0.05, 0.1) is 0 Å². The summed E-state index contributed by atoms with van der Waals surface area (Å²) in [4.78, 5) is 1.83. The molecule has 0 aliphatic heterocycles. The lowest BCUT2D eigenvalue weighted by Gasteiger charge is -2.43. The lowest BCUT2D eigenvalue weighted by atomic mass is 9.62. The second-order valence-corrected chi connectivity index (χ2v) is 15.3. The SMILES string of the molecule is [2H]C([2H])([2H])c1ccccc1N(/C=C/C)C(=C)/C=C(\C=C\NC(/C=C\CC(C)C)=C(/C)C(=C)CCC=C)NC1=CC(C(C)(C)C)C(C(C)(C)C)C=C1. The molecule has 0 radical (unpaired) electrons. The first-order valence-corrected chi connectivity index (χ1v) is 17.4. The van der Waals surface area contributed by atoms with E-state index in [-0.39, 0.29) is 16.4 Å². The molecule has 0 spiro atoms. The van der Waals surface area contributed by atoms with Gasteiger partial charge in [-0.25, -0.2) is 0 Å². The van der Waals surface area contributed by atoms with Crippen LogP contribution in [0.2, 0.25) is 0 Å². The lowest BCUT2D eigenvalue weighted by Crippen LogP contribution is -2.36. The van der Waals surface area contributed by atoms with Crippen LogP contribution in [0, 0.1) is 35.4 Å². The van der Waals surface area contributed by atoms with E-state index in [1.807, 2.05) is 60.7 Å². The quantitative estimate of drug-likeness (QED) is 0.138. The third-order valence-electron chi connectivity index (χ3n) is 8.59. The number of anilines is 1. The smallest absolute Gasteiger partial charge is 0.0484 e. The molecule has 0 saturated carbocycles. The number of nitrogens with one attached hydrogen (secondary N) is 2. The third kappa shape index (κ3) is 12.6. The molecule has 1 aliphatic rings. The van der Waals surface area contributed by atoms with E-state index in [1.54, 1.807) is 12.1 Å². The van der Waals surface area contributed by atoms with Gasteiger partial charge in [0.25, 0.3) is 0 Å². The molecule has 0 saturated heterocycles. The first kappa shape index (κ1) is 35.3. The Bertz CT molecular complexity index is 1580. The summed E-state index contributed by atoms with van der Waals surface area (Å²) in [6.45, 7) is 32.6. The molecule has 0 aromatic heterocycles. The van der Waals surface area contributed by atoms with Crippen molar-refractivity contribution in [2.75, 3.05) is 4.90 Å². The topological polar surface area (TPSA) is 27.3 Å². The van der Waals surface area contributed by atoms with Crippen LogP contribution in [0.4, 0.5) is 5.69 Å². The Morgan fingerprint density at radius 3 is 2.33 bits per heavy atom. The van der Waals surface area contributed by atoms with Gasteiger partial charge in [-0.15, -0.1) is 6.58 Å². The Hall–Kier alpha value is -3.98. The van der Waals surface area contributed by atoms with Gasteiger partial charge in [0.1, 0.15) is 0 Å². The monoisotopic (exact) mass is 651 g/mol. The number of benzene rings is 1. The van der Waals surface area contributed by atoms with Gasteiger partial charge in [0, 0.05) is 45.0 Å². The van der Waals surface area contributed by atoms with Gasteiger partial charge in [0.15, 0.2) is 0 Å². The van der Waals surface area contributed by atoms with Crippen molar-refractivity contribution in [1.29, 1.82) is 0 Å². The summed E-state index contributed by atoms with van der Waals surface area (Å²) in [5.74, 6) is 1.24. The van der Waals surface area contributed by atoms with Gasteiger partial charge in [-0.05, 0) is 116 Å². The molecule has 48 heavy (non-hydrogen) atoms. The summed E-state index contributed by atoms with van der Waals surface area (Å²) in [7, 11) is 0. The van der Waals surface area contributed by atoms with Crippen LogP contribution in [0.15, 0.2) is 145 Å². The number of hydrogen-bond acceptors (Lipinski definition) is 3. The molecule has 1 aromatic rings. The van der Waals surface area contributed by atoms with Crippen LogP contribution in [0.5, 0.6) is 0 Å². The average Bonchev–Trinajstić information content (AvgIpc) is 3.03. The van der Waals surface area contributed by atoms with E-state index < -0.39 is 6.85 Å². The molecule has 0 fully saturated rings. The van der Waals surface area contributed by atoms with Gasteiger partial charge in [-0.2, -0.15) is 0 Å². The van der Waals surface area contributed by atoms with Gasteiger partial charge in [0.2, 0.25) is 0 Å². The number of nitrogens with zero attached hydrogens (tertiary/aromatic N) is 1. The van der Waals surface area contributed by atoms with Crippen LogP contribution in [0.3, 0.4) is 0 Å². The lowest BCUT2D eigenvalue weighted by molar-refractivity contribution is 0.140. The maximum absolute atomic E-state index is 8.20. The van der Waals surface area contributed by atoms with Crippen molar-refractivity contribution >= 4 is 5.69 Å². The van der Waals surface area contributed by atoms with Crippen molar-refractivity contribution in [3.63, 3.8) is 0 Å². The largest absolute Gasteiger partial charge is 0.361 e. The second-order valence-electron chi connectivity index (χ2n) is 15.3. The van der Waals surface area contributed by atoms with Crippen LogP contribution in [-0.4, -0.2) is 0 Å². The third-order valence-corrected chi connectivity index (χ3v) is 8.59. The molecule has 3 heteroatoms. The summed E-state index contributed by atoms with van der Waals surface area (Å²) in [6.07, 6.45) is 25.5. The fourth-order valence-corrected chi connectivity index (χ4v) is 5.70. The zero-order valence-corrected chi connectivity index (χ0v) is 31.6. The number of allylic oxidation sites excluding steroid dienone is 11. The molecular formula is C45H65N3. The Morgan fingerprint density at radius 2 is 1.73 bits per heavy atom. The zero-order valence-electron chi connectivity index (χ0n) is 34.6. The van der Waals surface area contributed by atoms with Gasteiger partial charge in [-0.3, -0.25) is 0 Å². The molecule has 3 nitrogen and oxygen atoms in total. The highest BCUT2D eigenvalue weighted by Crippen LogP contribution is 2.45. The van der Waals surface area contributed by atoms with Gasteiger partial charge >= 0.3 is 0 Å². The Labute approximate surface area is 299 Å². The summed E-state index contributed by atoms with van der Waals surface area (Å²) < 4.78 is 24.6. The zero-order chi connectivity index (χ0) is 38.6. The van der Waals surface area contributed by atoms with E-state index >= 15 is 0 Å². The molecule has 0 amide bonds. The minimum Gasteiger partial charge on any atom is -0.361 e. The molecule has 1 aliphatic carbocycles. The normalized spacial score (nSPS) is 19.2. The Balaban J connectivity index is 2.68. The first-order chi connectivity index (χ1) is 23.7. The molecular weight excluding hydrogens is 583 g/mol. The molecule has 260 valence electrons. The van der Waals surface area contributed by atoms with Crippen LogP contribution < -0.4 is 15.5 Å². The Morgan fingerprint density at radius 1 is 1.04 bits per heavy atom. The van der Waals surface area contributed by atoms with E-state index in [4.69, 9.17) is 4.11 Å². The van der Waals surface area contributed by atoms with Gasteiger partial charge < -0.3 is 15.5 Å². The van der Waals surface area contributed by atoms with Crippen LogP contribution in [0.25, 0.3) is 0 Å². The predicted molar refractivity (Wildman–Crippen MR) is 214 cm³/mol. The highest BCUT2D eigenvalue weighted by atomic mass is 15.1. The van der Waals surface area contributed by atoms with Crippen LogP contribution in [0.1, 0.15) is 98.2 Å². The minimum absolute atomic E-state index is 0.0513. The van der Waals surface area contributed by atoms with E-state index in [9.17, 15) is 0 Å². The maximum atomic E-state index is 8.20. The molecule has 0 heterocycles. The van der Waals surface area contributed by atoms with E-state index in [0.717, 1.165) is 47.5 Å². The molecule has 2 rings (SSSR count). The number of rotatable bonds is 16. The van der Waals surface area contributed by atoms with Crippen molar-refractivity contribution in [3.8, 4) is 0 Å².